The summed E-state index contributed by atoms with van der Waals surface area (Å²) in [6, 6.07) is 6.13. The molecule has 0 fully saturated rings. The van der Waals surface area contributed by atoms with Gasteiger partial charge in [-0.1, -0.05) is 37.9 Å². The van der Waals surface area contributed by atoms with E-state index in [1.165, 1.54) is 5.56 Å². The maximum Gasteiger partial charge on any atom is 0.125 e. The van der Waals surface area contributed by atoms with E-state index in [4.69, 9.17) is 0 Å². The summed E-state index contributed by atoms with van der Waals surface area (Å²) in [5.41, 5.74) is 2.16. The molecule has 0 aliphatic rings. The average molecular weight is 316 g/mol. The van der Waals surface area contributed by atoms with E-state index in [1.807, 2.05) is 25.3 Å². The molecule has 0 spiro atoms. The second-order valence-corrected chi connectivity index (χ2v) is 6.10. The Morgan fingerprint density at radius 3 is 2.79 bits per heavy atom. The second-order valence-electron chi connectivity index (χ2n) is 3.04. The fourth-order valence-corrected chi connectivity index (χ4v) is 1.85. The van der Waals surface area contributed by atoms with E-state index in [-0.39, 0.29) is 3.74 Å². The van der Waals surface area contributed by atoms with Crippen LogP contribution >= 0.6 is 31.9 Å². The smallest absolute Gasteiger partial charge is 0.125 e. The Labute approximate surface area is 99.0 Å². The highest BCUT2D eigenvalue weighted by Gasteiger charge is 2.04. The molecule has 1 heterocycles. The molecule has 14 heavy (non-hydrogen) atoms. The zero-order chi connectivity index (χ0) is 10.1. The first-order valence-electron chi connectivity index (χ1n) is 4.18. The number of aromatic nitrogens is 2. The minimum absolute atomic E-state index is 0.181. The molecule has 0 radical (unpaired) electrons. The normalized spacial score (nSPS) is 11.1. The lowest BCUT2D eigenvalue weighted by Crippen LogP contribution is -1.89. The molecule has 0 atom stereocenters. The lowest BCUT2D eigenvalue weighted by atomic mass is 10.2. The molecule has 2 aromatic rings. The van der Waals surface area contributed by atoms with Gasteiger partial charge < -0.3 is 0 Å². The summed E-state index contributed by atoms with van der Waals surface area (Å²) in [6.07, 6.45) is 1.85. The number of fused-ring (bicyclic) bond motifs is 1. The molecule has 2 rings (SSSR count). The molecule has 1 aromatic heterocycles. The van der Waals surface area contributed by atoms with Crippen molar-refractivity contribution in [1.29, 1.82) is 0 Å². The van der Waals surface area contributed by atoms with E-state index < -0.39 is 0 Å². The third-order valence-electron chi connectivity index (χ3n) is 1.98. The van der Waals surface area contributed by atoms with E-state index in [2.05, 4.69) is 47.9 Å². The monoisotopic (exact) mass is 314 g/mol. The molecular formula is C10H8Br2N2. The number of rotatable bonds is 1. The number of benzene rings is 1. The summed E-state index contributed by atoms with van der Waals surface area (Å²) >= 11 is 6.92. The van der Waals surface area contributed by atoms with E-state index >= 15 is 0 Å². The number of alkyl halides is 2. The van der Waals surface area contributed by atoms with Gasteiger partial charge in [-0.15, -0.1) is 0 Å². The van der Waals surface area contributed by atoms with Gasteiger partial charge in [0.2, 0.25) is 0 Å². The van der Waals surface area contributed by atoms with Gasteiger partial charge >= 0.3 is 0 Å². The van der Waals surface area contributed by atoms with Crippen LogP contribution in [0.15, 0.2) is 24.4 Å². The highest BCUT2D eigenvalue weighted by Crippen LogP contribution is 2.30. The van der Waals surface area contributed by atoms with Crippen molar-refractivity contribution in [2.24, 2.45) is 0 Å². The highest BCUT2D eigenvalue weighted by molar-refractivity contribution is 9.24. The average Bonchev–Trinajstić information content (AvgIpc) is 2.16. The Balaban J connectivity index is 2.62. The van der Waals surface area contributed by atoms with Gasteiger partial charge in [-0.25, -0.2) is 9.97 Å². The van der Waals surface area contributed by atoms with Crippen LogP contribution in [0.25, 0.3) is 10.9 Å². The van der Waals surface area contributed by atoms with Gasteiger partial charge in [-0.3, -0.25) is 0 Å². The highest BCUT2D eigenvalue weighted by atomic mass is 79.9. The quantitative estimate of drug-likeness (QED) is 0.749. The SMILES string of the molecule is Cc1ncc2cc(C(Br)Br)ccc2n1. The molecule has 0 amide bonds. The maximum absolute atomic E-state index is 4.33. The van der Waals surface area contributed by atoms with Crippen LogP contribution in [0.1, 0.15) is 15.1 Å². The molecule has 2 nitrogen and oxygen atoms in total. The number of aryl methyl sites for hydroxylation is 1. The Morgan fingerprint density at radius 2 is 2.07 bits per heavy atom. The van der Waals surface area contributed by atoms with Crippen molar-refractivity contribution >= 4 is 42.8 Å². The number of nitrogens with zero attached hydrogens (tertiary/aromatic N) is 2. The van der Waals surface area contributed by atoms with Crippen molar-refractivity contribution in [2.75, 3.05) is 0 Å². The zero-order valence-corrected chi connectivity index (χ0v) is 10.7. The predicted octanol–water partition coefficient (Wildman–Crippen LogP) is 3.73. The fraction of sp³-hybridized carbons (Fsp3) is 0.200. The summed E-state index contributed by atoms with van der Waals surface area (Å²) in [7, 11) is 0. The van der Waals surface area contributed by atoms with Crippen molar-refractivity contribution in [1.82, 2.24) is 9.97 Å². The van der Waals surface area contributed by atoms with Crippen LogP contribution in [0.5, 0.6) is 0 Å². The second kappa shape index (κ2) is 3.95. The summed E-state index contributed by atoms with van der Waals surface area (Å²) in [5, 5.41) is 1.07. The molecule has 4 heteroatoms. The van der Waals surface area contributed by atoms with Crippen LogP contribution in [0.2, 0.25) is 0 Å². The standard InChI is InChI=1S/C10H8Br2N2/c1-6-13-5-8-4-7(10(11)12)2-3-9(8)14-6/h2-5,10H,1H3. The Morgan fingerprint density at radius 1 is 1.29 bits per heavy atom. The van der Waals surface area contributed by atoms with Crippen molar-refractivity contribution in [2.45, 2.75) is 10.7 Å². The van der Waals surface area contributed by atoms with Crippen LogP contribution in [-0.2, 0) is 0 Å². The molecule has 0 unspecified atom stereocenters. The van der Waals surface area contributed by atoms with Crippen LogP contribution in [-0.4, -0.2) is 9.97 Å². The largest absolute Gasteiger partial charge is 0.241 e. The van der Waals surface area contributed by atoms with Gasteiger partial charge in [-0.05, 0) is 24.6 Å². The zero-order valence-electron chi connectivity index (χ0n) is 7.54. The van der Waals surface area contributed by atoms with Crippen LogP contribution in [0.4, 0.5) is 0 Å². The Kier molecular flexibility index (Phi) is 2.83. The third-order valence-corrected chi connectivity index (χ3v) is 3.03. The van der Waals surface area contributed by atoms with E-state index in [0.717, 1.165) is 16.7 Å². The third kappa shape index (κ3) is 1.96. The number of hydrogen-bond acceptors (Lipinski definition) is 2. The Hall–Kier alpha value is -0.480. The molecule has 0 saturated carbocycles. The summed E-state index contributed by atoms with van der Waals surface area (Å²) in [4.78, 5) is 8.50. The summed E-state index contributed by atoms with van der Waals surface area (Å²) in [6.45, 7) is 1.89. The van der Waals surface area contributed by atoms with Crippen LogP contribution in [0, 0.1) is 6.92 Å². The maximum atomic E-state index is 4.33. The predicted molar refractivity (Wildman–Crippen MR) is 64.9 cm³/mol. The topological polar surface area (TPSA) is 25.8 Å². The van der Waals surface area contributed by atoms with Crippen molar-refractivity contribution < 1.29 is 0 Å². The fourth-order valence-electron chi connectivity index (χ4n) is 1.28. The Bertz CT molecular complexity index is 469. The molecule has 0 aliphatic carbocycles. The van der Waals surface area contributed by atoms with E-state index in [0.29, 0.717) is 0 Å². The molecule has 1 aromatic carbocycles. The van der Waals surface area contributed by atoms with Crippen LogP contribution in [0.3, 0.4) is 0 Å². The van der Waals surface area contributed by atoms with Gasteiger partial charge in [0, 0.05) is 11.6 Å². The van der Waals surface area contributed by atoms with Crippen molar-refractivity contribution in [3.63, 3.8) is 0 Å². The van der Waals surface area contributed by atoms with E-state index in [9.17, 15) is 0 Å². The lowest BCUT2D eigenvalue weighted by Gasteiger charge is -2.03. The molecule has 0 bridgehead atoms. The van der Waals surface area contributed by atoms with Gasteiger partial charge in [0.25, 0.3) is 0 Å². The van der Waals surface area contributed by atoms with Gasteiger partial charge in [0.05, 0.1) is 9.25 Å². The molecule has 0 saturated heterocycles. The molecule has 72 valence electrons. The van der Waals surface area contributed by atoms with Gasteiger partial charge in [0.15, 0.2) is 0 Å². The minimum Gasteiger partial charge on any atom is -0.241 e. The van der Waals surface area contributed by atoms with Crippen LogP contribution < -0.4 is 0 Å². The number of halogens is 2. The van der Waals surface area contributed by atoms with E-state index in [1.54, 1.807) is 0 Å². The first-order chi connectivity index (χ1) is 6.66. The number of hydrogen-bond donors (Lipinski definition) is 0. The lowest BCUT2D eigenvalue weighted by molar-refractivity contribution is 1.09. The van der Waals surface area contributed by atoms with Gasteiger partial charge in [-0.2, -0.15) is 0 Å². The molecule has 0 N–H and O–H groups in total. The first kappa shape index (κ1) is 10.1. The molecule has 0 aliphatic heterocycles. The van der Waals surface area contributed by atoms with Crippen molar-refractivity contribution in [3.8, 4) is 0 Å². The summed E-state index contributed by atoms with van der Waals surface area (Å²) < 4.78 is 0.181. The first-order valence-corrected chi connectivity index (χ1v) is 6.01. The van der Waals surface area contributed by atoms with Gasteiger partial charge in [0.1, 0.15) is 5.82 Å². The minimum atomic E-state index is 0.181. The summed E-state index contributed by atoms with van der Waals surface area (Å²) in [5.74, 6) is 0.805. The van der Waals surface area contributed by atoms with Crippen molar-refractivity contribution in [3.05, 3.63) is 35.8 Å². The molecular weight excluding hydrogens is 308 g/mol.